The summed E-state index contributed by atoms with van der Waals surface area (Å²) in [5, 5.41) is 14.8. The number of rotatable bonds is 4. The van der Waals surface area contributed by atoms with Crippen LogP contribution in [0.3, 0.4) is 0 Å². The van der Waals surface area contributed by atoms with Crippen molar-refractivity contribution in [2.45, 2.75) is 6.54 Å². The van der Waals surface area contributed by atoms with Crippen LogP contribution in [0.25, 0.3) is 0 Å². The Morgan fingerprint density at radius 3 is 2.88 bits per heavy atom. The number of hydrogen-bond acceptors (Lipinski definition) is 6. The highest BCUT2D eigenvalue weighted by Crippen LogP contribution is 2.11. The Morgan fingerprint density at radius 1 is 1.44 bits per heavy atom. The van der Waals surface area contributed by atoms with E-state index in [2.05, 4.69) is 25.7 Å². The lowest BCUT2D eigenvalue weighted by molar-refractivity contribution is 0.398. The first-order valence-corrected chi connectivity index (χ1v) is 4.75. The maximum atomic E-state index is 4.96. The van der Waals surface area contributed by atoms with Gasteiger partial charge in [0, 0.05) is 6.07 Å². The largest absolute Gasteiger partial charge is 0.481 e. The number of aryl methyl sites for hydroxylation is 1. The van der Waals surface area contributed by atoms with Gasteiger partial charge in [0.1, 0.15) is 0 Å². The van der Waals surface area contributed by atoms with Crippen molar-refractivity contribution < 1.29 is 4.74 Å². The molecule has 0 spiro atoms. The predicted octanol–water partition coefficient (Wildman–Crippen LogP) is 0.226. The minimum Gasteiger partial charge on any atom is -0.481 e. The average molecular weight is 220 g/mol. The zero-order chi connectivity index (χ0) is 11.4. The third kappa shape index (κ3) is 2.44. The second kappa shape index (κ2) is 4.56. The monoisotopic (exact) mass is 220 g/mol. The Morgan fingerprint density at radius 2 is 2.31 bits per heavy atom. The number of aromatic nitrogens is 5. The van der Waals surface area contributed by atoms with Crippen LogP contribution >= 0.6 is 0 Å². The van der Waals surface area contributed by atoms with Crippen LogP contribution < -0.4 is 10.1 Å². The van der Waals surface area contributed by atoms with E-state index in [1.165, 1.54) is 4.80 Å². The van der Waals surface area contributed by atoms with E-state index in [-0.39, 0.29) is 0 Å². The molecule has 0 atom stereocenters. The summed E-state index contributed by atoms with van der Waals surface area (Å²) in [6, 6.07) is 3.66. The minimum atomic E-state index is 0.516. The SMILES string of the molecule is COc1ccc(NCc2nnn(C)n2)cn1. The fraction of sp³-hybridized carbons (Fsp3) is 0.333. The highest BCUT2D eigenvalue weighted by Gasteiger charge is 2.00. The van der Waals surface area contributed by atoms with E-state index in [0.29, 0.717) is 18.2 Å². The highest BCUT2D eigenvalue weighted by atomic mass is 16.5. The third-order valence-electron chi connectivity index (χ3n) is 1.95. The maximum absolute atomic E-state index is 4.96. The first kappa shape index (κ1) is 10.3. The van der Waals surface area contributed by atoms with E-state index >= 15 is 0 Å². The number of pyridine rings is 1. The molecule has 16 heavy (non-hydrogen) atoms. The van der Waals surface area contributed by atoms with Gasteiger partial charge in [-0.3, -0.25) is 0 Å². The summed E-state index contributed by atoms with van der Waals surface area (Å²) < 4.78 is 4.96. The van der Waals surface area contributed by atoms with Crippen LogP contribution in [0.2, 0.25) is 0 Å². The predicted molar refractivity (Wildman–Crippen MR) is 56.9 cm³/mol. The summed E-state index contributed by atoms with van der Waals surface area (Å²) in [6.07, 6.45) is 1.69. The van der Waals surface area contributed by atoms with Gasteiger partial charge in [-0.15, -0.1) is 10.2 Å². The molecule has 2 aromatic rings. The van der Waals surface area contributed by atoms with Gasteiger partial charge >= 0.3 is 0 Å². The van der Waals surface area contributed by atoms with Gasteiger partial charge in [-0.05, 0) is 11.3 Å². The van der Waals surface area contributed by atoms with E-state index in [4.69, 9.17) is 4.74 Å². The van der Waals surface area contributed by atoms with Crippen LogP contribution in [0.15, 0.2) is 18.3 Å². The lowest BCUT2D eigenvalue weighted by Gasteiger charge is -2.03. The molecule has 0 bridgehead atoms. The Bertz CT molecular complexity index is 451. The van der Waals surface area contributed by atoms with Crippen LogP contribution in [0.4, 0.5) is 5.69 Å². The van der Waals surface area contributed by atoms with Crippen LogP contribution in [0, 0.1) is 0 Å². The molecule has 0 aromatic carbocycles. The molecule has 0 radical (unpaired) electrons. The number of tetrazole rings is 1. The van der Waals surface area contributed by atoms with Gasteiger partial charge in [0.05, 0.1) is 32.6 Å². The van der Waals surface area contributed by atoms with Crippen molar-refractivity contribution in [2.24, 2.45) is 7.05 Å². The zero-order valence-electron chi connectivity index (χ0n) is 9.08. The number of nitrogens with one attached hydrogen (secondary N) is 1. The van der Waals surface area contributed by atoms with Gasteiger partial charge < -0.3 is 10.1 Å². The van der Waals surface area contributed by atoms with Gasteiger partial charge in [-0.1, -0.05) is 0 Å². The molecule has 0 saturated heterocycles. The average Bonchev–Trinajstić information content (AvgIpc) is 2.73. The molecule has 2 rings (SSSR count). The Balaban J connectivity index is 1.94. The minimum absolute atomic E-state index is 0.516. The van der Waals surface area contributed by atoms with E-state index in [1.54, 1.807) is 26.4 Å². The molecule has 7 nitrogen and oxygen atoms in total. The van der Waals surface area contributed by atoms with Crippen molar-refractivity contribution in [3.63, 3.8) is 0 Å². The number of methoxy groups -OCH3 is 1. The summed E-state index contributed by atoms with van der Waals surface area (Å²) in [5.41, 5.74) is 0.883. The van der Waals surface area contributed by atoms with E-state index < -0.39 is 0 Å². The summed E-state index contributed by atoms with van der Waals surface area (Å²) in [4.78, 5) is 5.49. The molecule has 0 fully saturated rings. The van der Waals surface area contributed by atoms with Gasteiger partial charge in [-0.25, -0.2) is 4.98 Å². The molecule has 0 aliphatic carbocycles. The number of ether oxygens (including phenoxy) is 1. The second-order valence-electron chi connectivity index (χ2n) is 3.14. The van der Waals surface area contributed by atoms with Crippen LogP contribution in [0.5, 0.6) is 5.88 Å². The molecule has 2 aromatic heterocycles. The molecule has 84 valence electrons. The van der Waals surface area contributed by atoms with E-state index in [9.17, 15) is 0 Å². The van der Waals surface area contributed by atoms with Gasteiger partial charge in [-0.2, -0.15) is 4.80 Å². The Labute approximate surface area is 92.4 Å². The standard InChI is InChI=1S/C9H12N6O/c1-15-13-8(12-14-15)6-10-7-3-4-9(16-2)11-5-7/h3-5,10H,6H2,1-2H3. The number of nitrogens with zero attached hydrogens (tertiary/aromatic N) is 5. The van der Waals surface area contributed by atoms with Crippen LogP contribution in [-0.4, -0.2) is 32.3 Å². The quantitative estimate of drug-likeness (QED) is 0.794. The van der Waals surface area contributed by atoms with Crippen molar-refractivity contribution >= 4 is 5.69 Å². The number of hydrogen-bond donors (Lipinski definition) is 1. The highest BCUT2D eigenvalue weighted by molar-refractivity contribution is 5.41. The third-order valence-corrected chi connectivity index (χ3v) is 1.95. The molecule has 0 saturated carbocycles. The molecule has 0 aliphatic rings. The summed E-state index contributed by atoms with van der Waals surface area (Å²) in [7, 11) is 3.31. The fourth-order valence-corrected chi connectivity index (χ4v) is 1.18. The molecule has 0 unspecified atom stereocenters. The van der Waals surface area contributed by atoms with Crippen molar-refractivity contribution in [3.8, 4) is 5.88 Å². The van der Waals surface area contributed by atoms with Crippen molar-refractivity contribution in [1.82, 2.24) is 25.2 Å². The van der Waals surface area contributed by atoms with E-state index in [1.807, 2.05) is 6.07 Å². The summed E-state index contributed by atoms with van der Waals surface area (Å²) >= 11 is 0. The first-order valence-electron chi connectivity index (χ1n) is 4.75. The molecule has 2 heterocycles. The number of anilines is 1. The molecule has 7 heteroatoms. The Kier molecular flexibility index (Phi) is 2.95. The molecule has 0 aliphatic heterocycles. The van der Waals surface area contributed by atoms with Crippen LogP contribution in [0.1, 0.15) is 5.82 Å². The lowest BCUT2D eigenvalue weighted by Crippen LogP contribution is -2.02. The lowest BCUT2D eigenvalue weighted by atomic mass is 10.4. The van der Waals surface area contributed by atoms with Crippen LogP contribution in [-0.2, 0) is 13.6 Å². The fourth-order valence-electron chi connectivity index (χ4n) is 1.18. The first-order chi connectivity index (χ1) is 7.78. The normalized spacial score (nSPS) is 10.1. The maximum Gasteiger partial charge on any atom is 0.213 e. The van der Waals surface area contributed by atoms with Crippen molar-refractivity contribution in [1.29, 1.82) is 0 Å². The van der Waals surface area contributed by atoms with Gasteiger partial charge in [0.25, 0.3) is 0 Å². The zero-order valence-corrected chi connectivity index (χ0v) is 9.08. The summed E-state index contributed by atoms with van der Waals surface area (Å²) in [6.45, 7) is 0.516. The second-order valence-corrected chi connectivity index (χ2v) is 3.14. The summed E-state index contributed by atoms with van der Waals surface area (Å²) in [5.74, 6) is 1.22. The van der Waals surface area contributed by atoms with E-state index in [0.717, 1.165) is 5.69 Å². The topological polar surface area (TPSA) is 77.8 Å². The van der Waals surface area contributed by atoms with Gasteiger partial charge in [0.15, 0.2) is 5.82 Å². The van der Waals surface area contributed by atoms with Gasteiger partial charge in [0.2, 0.25) is 5.88 Å². The van der Waals surface area contributed by atoms with Crippen molar-refractivity contribution in [3.05, 3.63) is 24.2 Å². The molecular formula is C9H12N6O. The Hall–Kier alpha value is -2.18. The molecule has 0 amide bonds. The molecular weight excluding hydrogens is 208 g/mol. The van der Waals surface area contributed by atoms with Crippen molar-refractivity contribution in [2.75, 3.05) is 12.4 Å². The molecule has 1 N–H and O–H groups in total. The smallest absolute Gasteiger partial charge is 0.213 e.